The van der Waals surface area contributed by atoms with Crippen molar-refractivity contribution in [3.05, 3.63) is 77.1 Å². The second kappa shape index (κ2) is 10.1. The molecule has 0 saturated carbocycles. The number of rotatable bonds is 2. The predicted molar refractivity (Wildman–Crippen MR) is 107 cm³/mol. The second-order valence-corrected chi connectivity index (χ2v) is 6.49. The molecule has 1 heterocycles. The van der Waals surface area contributed by atoms with Crippen LogP contribution in [0.2, 0.25) is 0 Å². The molecule has 0 spiro atoms. The van der Waals surface area contributed by atoms with Gasteiger partial charge in [-0.3, -0.25) is 9.78 Å². The number of ketones is 1. The molecule has 1 aromatic heterocycles. The molecule has 143 valence electrons. The van der Waals surface area contributed by atoms with Crippen LogP contribution in [0.3, 0.4) is 0 Å². The number of aliphatic hydroxyl groups excluding tert-OH is 1. The molecule has 0 aliphatic heterocycles. The van der Waals surface area contributed by atoms with Gasteiger partial charge in [0.25, 0.3) is 0 Å². The summed E-state index contributed by atoms with van der Waals surface area (Å²) in [5.74, 6) is -0.0625. The van der Waals surface area contributed by atoms with Crippen molar-refractivity contribution in [2.75, 3.05) is 0 Å². The monoisotopic (exact) mass is 539 g/mol. The number of carbonyl (C=O) groups is 1. The number of hydrogen-bond donors (Lipinski definition) is 1. The summed E-state index contributed by atoms with van der Waals surface area (Å²) < 4.78 is 0. The van der Waals surface area contributed by atoms with E-state index in [2.05, 4.69) is 69.3 Å². The van der Waals surface area contributed by atoms with E-state index in [1.807, 2.05) is 0 Å². The fourth-order valence-electron chi connectivity index (χ4n) is 2.79. The van der Waals surface area contributed by atoms with Crippen LogP contribution in [0, 0.1) is 26.8 Å². The Hall–Kier alpha value is -2.29. The third-order valence-corrected chi connectivity index (χ3v) is 3.79. The first-order valence-corrected chi connectivity index (χ1v) is 8.51. The number of carbonyl (C=O) groups excluding carboxylic acids is 1. The maximum Gasteiger partial charge on any atom is 0.155 e. The van der Waals surface area contributed by atoms with Crippen LogP contribution in [-0.2, 0) is 24.9 Å². The maximum absolute atomic E-state index is 10.0. The van der Waals surface area contributed by atoms with Gasteiger partial charge in [-0.25, -0.2) is 0 Å². The number of aromatic nitrogens is 1. The van der Waals surface area contributed by atoms with Gasteiger partial charge in [0.15, 0.2) is 5.78 Å². The summed E-state index contributed by atoms with van der Waals surface area (Å²) in [5.41, 5.74) is 6.77. The van der Waals surface area contributed by atoms with Crippen LogP contribution >= 0.6 is 0 Å². The fraction of sp³-hybridized carbons (Fsp3) is 0.217. The average molecular weight is 539 g/mol. The average Bonchev–Trinajstić information content (AvgIpc) is 2.53. The number of fused-ring (bicyclic) bond motifs is 1. The molecule has 3 aromatic rings. The number of hydrogen-bond acceptors (Lipinski definition) is 3. The number of pyridine rings is 1. The van der Waals surface area contributed by atoms with Gasteiger partial charge < -0.3 is 5.11 Å². The molecule has 0 amide bonds. The van der Waals surface area contributed by atoms with E-state index < -0.39 is 0 Å². The molecule has 0 unspecified atom stereocenters. The number of allylic oxidation sites excluding steroid dienone is 2. The predicted octanol–water partition coefficient (Wildman–Crippen LogP) is 5.66. The standard InChI is InChI=1S/C18H16N.C5H8O2.Ir/c1-12-9-13(2)11-15(10-12)17-8-7-16-14(3)5-4-6-18(16)19-17;1-4(6)3-5(2)7;/h4-10H,1-3H3;3,6H,1-2H3;/q-1;;. The zero-order valence-corrected chi connectivity index (χ0v) is 18.6. The van der Waals surface area contributed by atoms with Gasteiger partial charge in [0.05, 0.1) is 11.3 Å². The fourth-order valence-corrected chi connectivity index (χ4v) is 2.79. The van der Waals surface area contributed by atoms with E-state index in [9.17, 15) is 4.79 Å². The summed E-state index contributed by atoms with van der Waals surface area (Å²) in [6.45, 7) is 9.14. The van der Waals surface area contributed by atoms with E-state index in [0.717, 1.165) is 22.3 Å². The van der Waals surface area contributed by atoms with E-state index >= 15 is 0 Å². The van der Waals surface area contributed by atoms with Crippen LogP contribution < -0.4 is 0 Å². The Morgan fingerprint density at radius 1 is 1.07 bits per heavy atom. The molecule has 0 aliphatic carbocycles. The minimum atomic E-state index is -0.125. The Labute approximate surface area is 174 Å². The summed E-state index contributed by atoms with van der Waals surface area (Å²) in [6.07, 6.45) is 1.17. The van der Waals surface area contributed by atoms with Crippen LogP contribution in [0.1, 0.15) is 30.5 Å². The molecule has 2 aromatic carbocycles. The van der Waals surface area contributed by atoms with E-state index in [0.29, 0.717) is 0 Å². The molecule has 0 fully saturated rings. The molecule has 0 atom stereocenters. The summed E-state index contributed by atoms with van der Waals surface area (Å²) in [6, 6.07) is 18.1. The van der Waals surface area contributed by atoms with Gasteiger partial charge in [-0.05, 0) is 38.1 Å². The second-order valence-electron chi connectivity index (χ2n) is 6.49. The van der Waals surface area contributed by atoms with Crippen LogP contribution in [0.5, 0.6) is 0 Å². The molecule has 0 bridgehead atoms. The van der Waals surface area contributed by atoms with E-state index in [-0.39, 0.29) is 31.6 Å². The van der Waals surface area contributed by atoms with Crippen molar-refractivity contribution >= 4 is 16.7 Å². The summed E-state index contributed by atoms with van der Waals surface area (Å²) in [5, 5.41) is 9.58. The van der Waals surface area contributed by atoms with Gasteiger partial charge in [-0.15, -0.1) is 34.9 Å². The van der Waals surface area contributed by atoms with E-state index in [1.165, 1.54) is 36.4 Å². The Bertz CT molecular complexity index is 953. The SMILES string of the molecule is CC(=O)C=C(C)O.Cc1[c-]c(-c2ccc3c(C)cccc3n2)cc(C)c1.[Ir]. The molecule has 0 aliphatic rings. The third-order valence-electron chi connectivity index (χ3n) is 3.79. The number of aryl methyl sites for hydroxylation is 3. The molecule has 27 heavy (non-hydrogen) atoms. The Morgan fingerprint density at radius 3 is 2.33 bits per heavy atom. The molecule has 1 N–H and O–H groups in total. The minimum absolute atomic E-state index is 0. The van der Waals surface area contributed by atoms with Crippen LogP contribution in [-0.4, -0.2) is 15.9 Å². The van der Waals surface area contributed by atoms with Crippen molar-refractivity contribution in [1.82, 2.24) is 4.98 Å². The first-order chi connectivity index (χ1) is 12.3. The van der Waals surface area contributed by atoms with Crippen molar-refractivity contribution in [2.24, 2.45) is 0 Å². The number of aliphatic hydroxyl groups is 1. The third kappa shape index (κ3) is 6.74. The van der Waals surface area contributed by atoms with Crippen LogP contribution in [0.25, 0.3) is 22.2 Å². The zero-order chi connectivity index (χ0) is 19.3. The molecular weight excluding hydrogens is 514 g/mol. The molecule has 4 heteroatoms. The Balaban J connectivity index is 0.000000395. The first-order valence-electron chi connectivity index (χ1n) is 8.51. The molecule has 1 radical (unpaired) electrons. The zero-order valence-electron chi connectivity index (χ0n) is 16.3. The number of nitrogens with zero attached hydrogens (tertiary/aromatic N) is 1. The first kappa shape index (κ1) is 22.7. The van der Waals surface area contributed by atoms with Crippen LogP contribution in [0.4, 0.5) is 0 Å². The van der Waals surface area contributed by atoms with Gasteiger partial charge in [-0.2, -0.15) is 0 Å². The van der Waals surface area contributed by atoms with Gasteiger partial charge in [0.1, 0.15) is 0 Å². The summed E-state index contributed by atoms with van der Waals surface area (Å²) >= 11 is 0. The quantitative estimate of drug-likeness (QED) is 0.260. The van der Waals surface area contributed by atoms with Crippen molar-refractivity contribution in [3.8, 4) is 11.3 Å². The summed E-state index contributed by atoms with van der Waals surface area (Å²) in [7, 11) is 0. The maximum atomic E-state index is 10.0. The van der Waals surface area contributed by atoms with E-state index in [4.69, 9.17) is 10.1 Å². The van der Waals surface area contributed by atoms with Crippen LogP contribution in [0.15, 0.2) is 54.3 Å². The summed E-state index contributed by atoms with van der Waals surface area (Å²) in [4.78, 5) is 14.8. The Morgan fingerprint density at radius 2 is 1.78 bits per heavy atom. The van der Waals surface area contributed by atoms with Gasteiger partial charge in [0, 0.05) is 31.6 Å². The van der Waals surface area contributed by atoms with Crippen molar-refractivity contribution in [3.63, 3.8) is 0 Å². The Kier molecular flexibility index (Phi) is 8.55. The molecule has 3 rings (SSSR count). The van der Waals surface area contributed by atoms with E-state index in [1.54, 1.807) is 0 Å². The van der Waals surface area contributed by atoms with Crippen molar-refractivity contribution in [2.45, 2.75) is 34.6 Å². The smallest absolute Gasteiger partial charge is 0.155 e. The van der Waals surface area contributed by atoms with Crippen molar-refractivity contribution in [1.29, 1.82) is 0 Å². The molecule has 3 nitrogen and oxygen atoms in total. The topological polar surface area (TPSA) is 50.2 Å². The van der Waals surface area contributed by atoms with Gasteiger partial charge >= 0.3 is 0 Å². The normalized spacial score (nSPS) is 10.6. The van der Waals surface area contributed by atoms with Gasteiger partial charge in [0.2, 0.25) is 0 Å². The molecular formula is C23H24IrNO2-. The number of benzene rings is 2. The minimum Gasteiger partial charge on any atom is -0.512 e. The van der Waals surface area contributed by atoms with Gasteiger partial charge in [-0.1, -0.05) is 38.1 Å². The largest absolute Gasteiger partial charge is 0.512 e. The molecule has 0 saturated heterocycles. The van der Waals surface area contributed by atoms with Crippen molar-refractivity contribution < 1.29 is 30.0 Å².